The first-order valence-corrected chi connectivity index (χ1v) is 7.95. The van der Waals surface area contributed by atoms with E-state index in [-0.39, 0.29) is 5.97 Å². The van der Waals surface area contributed by atoms with Crippen LogP contribution in [-0.2, 0) is 11.2 Å². The van der Waals surface area contributed by atoms with Crippen molar-refractivity contribution in [1.29, 1.82) is 0 Å². The predicted molar refractivity (Wildman–Crippen MR) is 76.4 cm³/mol. The lowest BCUT2D eigenvalue weighted by Crippen LogP contribution is -2.14. The predicted octanol–water partition coefficient (Wildman–Crippen LogP) is 3.17. The minimum absolute atomic E-state index is 0.317. The third-order valence-corrected chi connectivity index (χ3v) is 4.56. The Hall–Kier alpha value is -1.10. The van der Waals surface area contributed by atoms with Gasteiger partial charge in [0.1, 0.15) is 5.82 Å². The van der Waals surface area contributed by atoms with Gasteiger partial charge in [-0.3, -0.25) is 0 Å². The highest BCUT2D eigenvalue weighted by molar-refractivity contribution is 7.99. The van der Waals surface area contributed by atoms with E-state index in [4.69, 9.17) is 4.74 Å². The summed E-state index contributed by atoms with van der Waals surface area (Å²) in [6, 6.07) is 0. The van der Waals surface area contributed by atoms with Crippen LogP contribution in [0.15, 0.2) is 6.20 Å². The summed E-state index contributed by atoms with van der Waals surface area (Å²) in [4.78, 5) is 20.8. The molecule has 0 bridgehead atoms. The minimum Gasteiger partial charge on any atom is -0.462 e. The second-order valence-corrected chi connectivity index (χ2v) is 5.83. The molecule has 0 aliphatic carbocycles. The van der Waals surface area contributed by atoms with Crippen LogP contribution in [0.2, 0.25) is 0 Å². The van der Waals surface area contributed by atoms with Crippen LogP contribution >= 0.6 is 11.8 Å². The fourth-order valence-corrected chi connectivity index (χ4v) is 3.43. The number of ether oxygens (including phenoxy) is 1. The van der Waals surface area contributed by atoms with Gasteiger partial charge in [0, 0.05) is 6.20 Å². The highest BCUT2D eigenvalue weighted by Crippen LogP contribution is 2.36. The molecule has 104 valence electrons. The van der Waals surface area contributed by atoms with Gasteiger partial charge in [0.25, 0.3) is 0 Å². The van der Waals surface area contributed by atoms with Gasteiger partial charge in [-0.15, -0.1) is 0 Å². The largest absolute Gasteiger partial charge is 0.462 e. The Kier molecular flexibility index (Phi) is 5.19. The molecule has 2 heterocycles. The quantitative estimate of drug-likeness (QED) is 0.793. The molecule has 0 aromatic carbocycles. The molecule has 19 heavy (non-hydrogen) atoms. The van der Waals surface area contributed by atoms with Gasteiger partial charge in [0.05, 0.1) is 23.1 Å². The van der Waals surface area contributed by atoms with Gasteiger partial charge >= 0.3 is 5.97 Å². The zero-order valence-corrected chi connectivity index (χ0v) is 12.3. The molecule has 1 unspecified atom stereocenters. The van der Waals surface area contributed by atoms with E-state index in [1.807, 2.05) is 18.7 Å². The molecule has 1 atom stereocenters. The van der Waals surface area contributed by atoms with Gasteiger partial charge in [-0.05, 0) is 31.9 Å². The summed E-state index contributed by atoms with van der Waals surface area (Å²) < 4.78 is 5.03. The number of esters is 1. The van der Waals surface area contributed by atoms with Crippen molar-refractivity contribution in [2.75, 3.05) is 12.4 Å². The lowest BCUT2D eigenvalue weighted by molar-refractivity contribution is 0.0524. The molecular weight excluding hydrogens is 260 g/mol. The number of carbonyl (C=O) groups is 1. The van der Waals surface area contributed by atoms with E-state index in [0.717, 1.165) is 24.4 Å². The van der Waals surface area contributed by atoms with Crippen LogP contribution in [0.1, 0.15) is 60.2 Å². The van der Waals surface area contributed by atoms with E-state index in [0.29, 0.717) is 17.4 Å². The van der Waals surface area contributed by atoms with Gasteiger partial charge in [-0.2, -0.15) is 11.8 Å². The Bertz CT molecular complexity index is 445. The van der Waals surface area contributed by atoms with Gasteiger partial charge in [-0.1, -0.05) is 13.3 Å². The van der Waals surface area contributed by atoms with Gasteiger partial charge in [0.15, 0.2) is 0 Å². The maximum atomic E-state index is 11.8. The number of nitrogens with zero attached hydrogens (tertiary/aromatic N) is 2. The maximum absolute atomic E-state index is 11.8. The number of aromatic nitrogens is 2. The molecule has 1 aliphatic heterocycles. The van der Waals surface area contributed by atoms with Crippen LogP contribution in [0.25, 0.3) is 0 Å². The van der Waals surface area contributed by atoms with Gasteiger partial charge < -0.3 is 4.74 Å². The van der Waals surface area contributed by atoms with Crippen LogP contribution in [0.5, 0.6) is 0 Å². The first kappa shape index (κ1) is 14.3. The Labute approximate surface area is 118 Å². The normalized spacial score (nSPS) is 19.2. The van der Waals surface area contributed by atoms with Crippen molar-refractivity contribution in [3.8, 4) is 0 Å². The van der Waals surface area contributed by atoms with Crippen LogP contribution in [-0.4, -0.2) is 28.3 Å². The SMILES string of the molecule is CCOC(=O)c1cnc(C2CCCCS2)nc1CC. The molecule has 1 aromatic heterocycles. The lowest BCUT2D eigenvalue weighted by Gasteiger charge is -2.20. The summed E-state index contributed by atoms with van der Waals surface area (Å²) in [7, 11) is 0. The molecule has 4 nitrogen and oxygen atoms in total. The summed E-state index contributed by atoms with van der Waals surface area (Å²) >= 11 is 1.92. The van der Waals surface area contributed by atoms with E-state index in [9.17, 15) is 4.79 Å². The van der Waals surface area contributed by atoms with Crippen molar-refractivity contribution < 1.29 is 9.53 Å². The summed E-state index contributed by atoms with van der Waals surface area (Å²) in [6.45, 7) is 4.18. The fraction of sp³-hybridized carbons (Fsp3) is 0.643. The topological polar surface area (TPSA) is 52.1 Å². The Morgan fingerprint density at radius 2 is 2.32 bits per heavy atom. The van der Waals surface area contributed by atoms with Crippen LogP contribution in [0, 0.1) is 0 Å². The van der Waals surface area contributed by atoms with Crippen LogP contribution in [0.4, 0.5) is 0 Å². The third kappa shape index (κ3) is 3.47. The standard InChI is InChI=1S/C14H20N2O2S/c1-3-11-10(14(17)18-4-2)9-15-13(16-11)12-7-5-6-8-19-12/h9,12H,3-8H2,1-2H3. The van der Waals surface area contributed by atoms with Crippen molar-refractivity contribution in [3.63, 3.8) is 0 Å². The lowest BCUT2D eigenvalue weighted by atomic mass is 10.1. The Morgan fingerprint density at radius 3 is 2.95 bits per heavy atom. The van der Waals surface area contributed by atoms with Crippen LogP contribution < -0.4 is 0 Å². The van der Waals surface area contributed by atoms with Gasteiger partial charge in [-0.25, -0.2) is 14.8 Å². The highest BCUT2D eigenvalue weighted by Gasteiger charge is 2.21. The molecule has 0 saturated carbocycles. The molecule has 5 heteroatoms. The number of thioether (sulfide) groups is 1. The average molecular weight is 280 g/mol. The molecule has 1 saturated heterocycles. The molecule has 2 rings (SSSR count). The van der Waals surface area contributed by atoms with Crippen molar-refractivity contribution in [3.05, 3.63) is 23.3 Å². The molecule has 0 amide bonds. The van der Waals surface area contributed by atoms with Crippen molar-refractivity contribution in [2.45, 2.75) is 44.8 Å². The number of hydrogen-bond acceptors (Lipinski definition) is 5. The van der Waals surface area contributed by atoms with E-state index in [1.54, 1.807) is 13.1 Å². The van der Waals surface area contributed by atoms with E-state index in [2.05, 4.69) is 9.97 Å². The smallest absolute Gasteiger partial charge is 0.341 e. The van der Waals surface area contributed by atoms with Gasteiger partial charge in [0.2, 0.25) is 0 Å². The summed E-state index contributed by atoms with van der Waals surface area (Å²) in [5, 5.41) is 0.385. The monoisotopic (exact) mass is 280 g/mol. The highest BCUT2D eigenvalue weighted by atomic mass is 32.2. The minimum atomic E-state index is -0.317. The molecule has 0 N–H and O–H groups in total. The fourth-order valence-electron chi connectivity index (χ4n) is 2.18. The summed E-state index contributed by atoms with van der Waals surface area (Å²) in [6.07, 6.45) is 6.01. The average Bonchev–Trinajstić information content (AvgIpc) is 2.47. The molecule has 1 aliphatic rings. The van der Waals surface area contributed by atoms with Crippen molar-refractivity contribution in [2.24, 2.45) is 0 Å². The molecular formula is C14H20N2O2S. The maximum Gasteiger partial charge on any atom is 0.341 e. The molecule has 0 spiro atoms. The Balaban J connectivity index is 2.22. The first-order valence-electron chi connectivity index (χ1n) is 6.90. The van der Waals surface area contributed by atoms with Crippen molar-refractivity contribution in [1.82, 2.24) is 9.97 Å². The first-order chi connectivity index (χ1) is 9.26. The number of carbonyl (C=O) groups excluding carboxylic acids is 1. The molecule has 0 radical (unpaired) electrons. The van der Waals surface area contributed by atoms with E-state index >= 15 is 0 Å². The van der Waals surface area contributed by atoms with Crippen LogP contribution in [0.3, 0.4) is 0 Å². The van der Waals surface area contributed by atoms with Crippen molar-refractivity contribution >= 4 is 17.7 Å². The number of aryl methyl sites for hydroxylation is 1. The zero-order chi connectivity index (χ0) is 13.7. The van der Waals surface area contributed by atoms with E-state index < -0.39 is 0 Å². The summed E-state index contributed by atoms with van der Waals surface area (Å²) in [5.41, 5.74) is 1.31. The molecule has 1 aromatic rings. The second kappa shape index (κ2) is 6.89. The molecule has 1 fully saturated rings. The summed E-state index contributed by atoms with van der Waals surface area (Å²) in [5.74, 6) is 1.73. The Morgan fingerprint density at radius 1 is 1.47 bits per heavy atom. The number of rotatable bonds is 4. The van der Waals surface area contributed by atoms with E-state index in [1.165, 1.54) is 18.6 Å². The zero-order valence-electron chi connectivity index (χ0n) is 11.5. The number of hydrogen-bond donors (Lipinski definition) is 0. The third-order valence-electron chi connectivity index (χ3n) is 3.18. The second-order valence-electron chi connectivity index (χ2n) is 4.52.